The minimum Gasteiger partial charge on any atom is -0.507 e. The van der Waals surface area contributed by atoms with Gasteiger partial charge in [0.15, 0.2) is 6.61 Å². The van der Waals surface area contributed by atoms with Crippen LogP contribution in [0.2, 0.25) is 0 Å². The van der Waals surface area contributed by atoms with Crippen LogP contribution in [-0.2, 0) is 19.1 Å². The molecule has 2 heterocycles. The van der Waals surface area contributed by atoms with Crippen LogP contribution in [0.5, 0.6) is 11.5 Å². The quantitative estimate of drug-likeness (QED) is 0.268. The van der Waals surface area contributed by atoms with Crippen molar-refractivity contribution in [3.05, 3.63) is 64.7 Å². The fourth-order valence-corrected chi connectivity index (χ4v) is 4.77. The summed E-state index contributed by atoms with van der Waals surface area (Å²) in [7, 11) is 0. The summed E-state index contributed by atoms with van der Waals surface area (Å²) in [5.41, 5.74) is 7.02. The third-order valence-corrected chi connectivity index (χ3v) is 6.69. The number of aliphatic hydroxyl groups is 1. The number of hydrogen-bond acceptors (Lipinski definition) is 8. The van der Waals surface area contributed by atoms with Gasteiger partial charge in [-0.25, -0.2) is 0 Å². The van der Waals surface area contributed by atoms with Gasteiger partial charge in [0, 0.05) is 31.7 Å². The number of Topliss-reactive ketones (excluding diaryl/α,β-unsaturated/α-hetero) is 1. The molecule has 0 aromatic heterocycles. The zero-order chi connectivity index (χ0) is 28.1. The number of amides is 2. The molecule has 1 unspecified atom stereocenters. The third-order valence-electron chi connectivity index (χ3n) is 6.69. The van der Waals surface area contributed by atoms with Crippen molar-refractivity contribution in [2.24, 2.45) is 5.73 Å². The summed E-state index contributed by atoms with van der Waals surface area (Å²) in [6.45, 7) is 9.01. The van der Waals surface area contributed by atoms with E-state index in [1.165, 1.54) is 4.90 Å². The van der Waals surface area contributed by atoms with Crippen molar-refractivity contribution in [1.82, 2.24) is 9.80 Å². The number of primary amides is 1. The van der Waals surface area contributed by atoms with Gasteiger partial charge in [-0.15, -0.1) is 0 Å². The Labute approximate surface area is 227 Å². The van der Waals surface area contributed by atoms with Gasteiger partial charge in [0.1, 0.15) is 17.3 Å². The second kappa shape index (κ2) is 12.3. The SMILES string of the molecule is Cc1cc(/C(O)=C2\C(=O)C(=O)N(CCN3CCOCC3)C2c2ccc(OCC(N)=O)cc2)ccc1OC(C)C. The average Bonchev–Trinajstić information content (AvgIpc) is 3.17. The fraction of sp³-hybridized carbons (Fsp3) is 0.414. The van der Waals surface area contributed by atoms with E-state index in [0.29, 0.717) is 48.9 Å². The summed E-state index contributed by atoms with van der Waals surface area (Å²) in [6, 6.07) is 11.1. The molecule has 3 N–H and O–H groups in total. The molecule has 10 nitrogen and oxygen atoms in total. The van der Waals surface area contributed by atoms with Crippen molar-refractivity contribution >= 4 is 23.4 Å². The van der Waals surface area contributed by atoms with Gasteiger partial charge in [-0.05, 0) is 62.2 Å². The van der Waals surface area contributed by atoms with Crippen molar-refractivity contribution in [1.29, 1.82) is 0 Å². The van der Waals surface area contributed by atoms with Crippen molar-refractivity contribution in [3.8, 4) is 11.5 Å². The molecule has 1 atom stereocenters. The normalized spacial score (nSPS) is 19.5. The van der Waals surface area contributed by atoms with Crippen molar-refractivity contribution in [2.75, 3.05) is 46.0 Å². The smallest absolute Gasteiger partial charge is 0.295 e. The second-order valence-corrected chi connectivity index (χ2v) is 9.92. The number of carbonyl (C=O) groups excluding carboxylic acids is 3. The van der Waals surface area contributed by atoms with Gasteiger partial charge in [-0.1, -0.05) is 12.1 Å². The minimum atomic E-state index is -0.803. The molecule has 2 fully saturated rings. The Balaban J connectivity index is 1.71. The van der Waals surface area contributed by atoms with Gasteiger partial charge in [0.2, 0.25) is 0 Å². The standard InChI is InChI=1S/C29H35N3O7/c1-18(2)39-23-9-6-21(16-19(23)3)27(34)25-26(20-4-7-22(8-5-20)38-17-24(30)33)32(29(36)28(25)35)11-10-31-12-14-37-15-13-31/h4-9,16,18,26,34H,10-15,17H2,1-3H3,(H2,30,33)/b27-25+. The first-order valence-corrected chi connectivity index (χ1v) is 13.0. The van der Waals surface area contributed by atoms with Crippen LogP contribution in [0, 0.1) is 6.92 Å². The molecule has 2 saturated heterocycles. The van der Waals surface area contributed by atoms with Gasteiger partial charge in [-0.3, -0.25) is 19.3 Å². The summed E-state index contributed by atoms with van der Waals surface area (Å²) >= 11 is 0. The number of ether oxygens (including phenoxy) is 3. The van der Waals surface area contributed by atoms with E-state index in [-0.39, 0.29) is 24.0 Å². The van der Waals surface area contributed by atoms with Gasteiger partial charge in [0.25, 0.3) is 17.6 Å². The van der Waals surface area contributed by atoms with E-state index in [4.69, 9.17) is 19.9 Å². The molecule has 2 aliphatic rings. The average molecular weight is 538 g/mol. The monoisotopic (exact) mass is 537 g/mol. The maximum absolute atomic E-state index is 13.4. The molecule has 2 aromatic carbocycles. The van der Waals surface area contributed by atoms with Gasteiger partial charge < -0.3 is 30.0 Å². The number of aryl methyl sites for hydroxylation is 1. The number of nitrogens with two attached hydrogens (primary N) is 1. The fourth-order valence-electron chi connectivity index (χ4n) is 4.77. The van der Waals surface area contributed by atoms with E-state index < -0.39 is 23.6 Å². The Kier molecular flexibility index (Phi) is 8.88. The van der Waals surface area contributed by atoms with Crippen LogP contribution in [0.25, 0.3) is 5.76 Å². The molecule has 2 aliphatic heterocycles. The molecule has 0 aliphatic carbocycles. The lowest BCUT2D eigenvalue weighted by Crippen LogP contribution is -2.42. The summed E-state index contributed by atoms with van der Waals surface area (Å²) in [5.74, 6) is -1.17. The molecule has 2 aromatic rings. The summed E-state index contributed by atoms with van der Waals surface area (Å²) < 4.78 is 16.6. The van der Waals surface area contributed by atoms with Crippen molar-refractivity contribution in [2.45, 2.75) is 32.9 Å². The zero-order valence-electron chi connectivity index (χ0n) is 22.5. The lowest BCUT2D eigenvalue weighted by atomic mass is 9.94. The second-order valence-electron chi connectivity index (χ2n) is 9.92. The molecule has 2 amide bonds. The van der Waals surface area contributed by atoms with Crippen molar-refractivity contribution < 1.29 is 33.7 Å². The Bertz CT molecular complexity index is 1250. The highest BCUT2D eigenvalue weighted by molar-refractivity contribution is 6.46. The predicted octanol–water partition coefficient (Wildman–Crippen LogP) is 2.40. The third kappa shape index (κ3) is 6.58. The number of hydrogen-bond donors (Lipinski definition) is 2. The molecule has 208 valence electrons. The molecule has 10 heteroatoms. The Morgan fingerprint density at radius 1 is 1.10 bits per heavy atom. The van der Waals surface area contributed by atoms with Crippen LogP contribution in [0.3, 0.4) is 0 Å². The number of rotatable bonds is 10. The highest BCUT2D eigenvalue weighted by atomic mass is 16.5. The molecular formula is C29H35N3O7. The zero-order valence-corrected chi connectivity index (χ0v) is 22.5. The molecule has 0 spiro atoms. The van der Waals surface area contributed by atoms with Gasteiger partial charge >= 0.3 is 0 Å². The van der Waals surface area contributed by atoms with Crippen LogP contribution in [0.4, 0.5) is 0 Å². The van der Waals surface area contributed by atoms with Crippen molar-refractivity contribution in [3.63, 3.8) is 0 Å². The number of likely N-dealkylation sites (tertiary alicyclic amines) is 1. The van der Waals surface area contributed by atoms with E-state index in [1.54, 1.807) is 42.5 Å². The highest BCUT2D eigenvalue weighted by Gasteiger charge is 2.46. The number of carbonyl (C=O) groups is 3. The van der Waals surface area contributed by atoms with Gasteiger partial charge in [0.05, 0.1) is 30.9 Å². The largest absolute Gasteiger partial charge is 0.507 e. The summed E-state index contributed by atoms with van der Waals surface area (Å²) in [4.78, 5) is 41.4. The van der Waals surface area contributed by atoms with Crippen LogP contribution >= 0.6 is 0 Å². The topological polar surface area (TPSA) is 132 Å². The van der Waals surface area contributed by atoms with E-state index in [9.17, 15) is 19.5 Å². The molecule has 0 bridgehead atoms. The molecule has 39 heavy (non-hydrogen) atoms. The van der Waals surface area contributed by atoms with E-state index >= 15 is 0 Å². The summed E-state index contributed by atoms with van der Waals surface area (Å²) in [5, 5.41) is 11.4. The minimum absolute atomic E-state index is 0.0182. The number of ketones is 1. The summed E-state index contributed by atoms with van der Waals surface area (Å²) in [6.07, 6.45) is -0.0186. The maximum atomic E-state index is 13.4. The Morgan fingerprint density at radius 3 is 2.41 bits per heavy atom. The predicted molar refractivity (Wildman–Crippen MR) is 144 cm³/mol. The molecular weight excluding hydrogens is 502 g/mol. The van der Waals surface area contributed by atoms with E-state index in [2.05, 4.69) is 4.90 Å². The van der Waals surface area contributed by atoms with Crippen LogP contribution in [0.15, 0.2) is 48.0 Å². The molecule has 0 saturated carbocycles. The van der Waals surface area contributed by atoms with Crippen LogP contribution < -0.4 is 15.2 Å². The first-order chi connectivity index (χ1) is 18.7. The Hall–Kier alpha value is -3.89. The maximum Gasteiger partial charge on any atom is 0.295 e. The number of benzene rings is 2. The lowest BCUT2D eigenvalue weighted by molar-refractivity contribution is -0.140. The van der Waals surface area contributed by atoms with Gasteiger partial charge in [-0.2, -0.15) is 0 Å². The van der Waals surface area contributed by atoms with Crippen LogP contribution in [-0.4, -0.2) is 84.6 Å². The Morgan fingerprint density at radius 2 is 1.79 bits per heavy atom. The highest BCUT2D eigenvalue weighted by Crippen LogP contribution is 2.40. The lowest BCUT2D eigenvalue weighted by Gasteiger charge is -2.31. The first-order valence-electron chi connectivity index (χ1n) is 13.0. The number of morpholine rings is 1. The molecule has 4 rings (SSSR count). The number of aliphatic hydroxyl groups excluding tert-OH is 1. The van der Waals surface area contributed by atoms with E-state index in [1.807, 2.05) is 20.8 Å². The first kappa shape index (κ1) is 28.1. The van der Waals surface area contributed by atoms with Crippen LogP contribution in [0.1, 0.15) is 36.6 Å². The molecule has 0 radical (unpaired) electrons. The van der Waals surface area contributed by atoms with E-state index in [0.717, 1.165) is 18.7 Å². The number of nitrogens with zero attached hydrogens (tertiary/aromatic N) is 2.